The minimum Gasteiger partial charge on any atom is -0.497 e. The average Bonchev–Trinajstić information content (AvgIpc) is 2.54. The molecule has 0 aliphatic heterocycles. The first kappa shape index (κ1) is 16.1. The molecule has 0 saturated carbocycles. The smallest absolute Gasteiger partial charge is 0.184 e. The highest BCUT2D eigenvalue weighted by molar-refractivity contribution is 6.32. The molecule has 2 rings (SSSR count). The summed E-state index contributed by atoms with van der Waals surface area (Å²) < 4.78 is 21.4. The van der Waals surface area contributed by atoms with Gasteiger partial charge in [0.1, 0.15) is 5.75 Å². The van der Waals surface area contributed by atoms with Gasteiger partial charge < -0.3 is 24.3 Å². The molecule has 0 saturated heterocycles. The maximum Gasteiger partial charge on any atom is 0.184 e. The van der Waals surface area contributed by atoms with Crippen molar-refractivity contribution in [2.75, 3.05) is 33.8 Å². The molecule has 0 atom stereocenters. The minimum atomic E-state index is 0.515. The minimum absolute atomic E-state index is 0.515. The Morgan fingerprint density at radius 1 is 0.818 bits per heavy atom. The number of hydrogen-bond donors (Lipinski definition) is 1. The molecule has 2 aromatic rings. The van der Waals surface area contributed by atoms with E-state index < -0.39 is 0 Å². The number of hydrogen-bond acceptors (Lipinski definition) is 5. The summed E-state index contributed by atoms with van der Waals surface area (Å²) >= 11 is 6.14. The molecule has 2 aromatic carbocycles. The highest BCUT2D eigenvalue weighted by Gasteiger charge is 2.15. The van der Waals surface area contributed by atoms with Crippen molar-refractivity contribution in [1.29, 1.82) is 0 Å². The van der Waals surface area contributed by atoms with Gasteiger partial charge in [-0.3, -0.25) is 0 Å². The van der Waals surface area contributed by atoms with Crippen LogP contribution < -0.4 is 24.3 Å². The lowest BCUT2D eigenvalue weighted by Gasteiger charge is -2.17. The van der Waals surface area contributed by atoms with Gasteiger partial charge in [0.2, 0.25) is 0 Å². The van der Waals surface area contributed by atoms with E-state index in [4.69, 9.17) is 30.5 Å². The van der Waals surface area contributed by atoms with E-state index in [1.165, 1.54) is 0 Å². The topological polar surface area (TPSA) is 49.0 Å². The number of para-hydroxylation sites is 1. The molecule has 1 N–H and O–H groups in total. The normalized spacial score (nSPS) is 10.0. The lowest BCUT2D eigenvalue weighted by Crippen LogP contribution is -2.00. The third-order valence-electron chi connectivity index (χ3n) is 3.13. The standard InChI is InChI=1S/C16H18ClNO4/c1-19-10-8-13(16(22-4)14(9-10)20-2)18-12-7-5-6-11(17)15(12)21-3/h5-9,18H,1-4H3. The number of halogens is 1. The molecule has 0 aliphatic carbocycles. The van der Waals surface area contributed by atoms with Crippen molar-refractivity contribution in [3.63, 3.8) is 0 Å². The van der Waals surface area contributed by atoms with Crippen LogP contribution >= 0.6 is 11.6 Å². The Hall–Kier alpha value is -2.27. The number of benzene rings is 2. The predicted octanol–water partition coefficient (Wildman–Crippen LogP) is 4.12. The van der Waals surface area contributed by atoms with Gasteiger partial charge in [-0.25, -0.2) is 0 Å². The van der Waals surface area contributed by atoms with Crippen molar-refractivity contribution in [3.8, 4) is 23.0 Å². The summed E-state index contributed by atoms with van der Waals surface area (Å²) in [6, 6.07) is 9.00. The van der Waals surface area contributed by atoms with Gasteiger partial charge in [-0.2, -0.15) is 0 Å². The molecule has 22 heavy (non-hydrogen) atoms. The molecule has 0 aromatic heterocycles. The third kappa shape index (κ3) is 3.14. The van der Waals surface area contributed by atoms with Crippen LogP contribution in [0.25, 0.3) is 0 Å². The molecule has 0 unspecified atom stereocenters. The van der Waals surface area contributed by atoms with Crippen LogP contribution in [0.15, 0.2) is 30.3 Å². The molecule has 118 valence electrons. The van der Waals surface area contributed by atoms with Crippen LogP contribution in [0.5, 0.6) is 23.0 Å². The number of nitrogens with one attached hydrogen (secondary N) is 1. The second-order valence-electron chi connectivity index (χ2n) is 4.36. The Balaban J connectivity index is 2.51. The number of anilines is 2. The summed E-state index contributed by atoms with van der Waals surface area (Å²) in [6.45, 7) is 0. The van der Waals surface area contributed by atoms with E-state index in [1.54, 1.807) is 40.6 Å². The average molecular weight is 324 g/mol. The second-order valence-corrected chi connectivity index (χ2v) is 4.76. The van der Waals surface area contributed by atoms with Gasteiger partial charge in [0.25, 0.3) is 0 Å². The van der Waals surface area contributed by atoms with E-state index in [2.05, 4.69) is 5.32 Å². The van der Waals surface area contributed by atoms with Crippen molar-refractivity contribution in [2.24, 2.45) is 0 Å². The Morgan fingerprint density at radius 3 is 2.14 bits per heavy atom. The van der Waals surface area contributed by atoms with Crippen molar-refractivity contribution in [1.82, 2.24) is 0 Å². The van der Waals surface area contributed by atoms with Gasteiger partial charge in [-0.15, -0.1) is 0 Å². The van der Waals surface area contributed by atoms with E-state index in [1.807, 2.05) is 18.2 Å². The summed E-state index contributed by atoms with van der Waals surface area (Å²) in [7, 11) is 6.30. The van der Waals surface area contributed by atoms with Gasteiger partial charge in [-0.05, 0) is 12.1 Å². The maximum absolute atomic E-state index is 6.14. The van der Waals surface area contributed by atoms with Crippen LogP contribution in [-0.4, -0.2) is 28.4 Å². The fourth-order valence-electron chi connectivity index (χ4n) is 2.11. The van der Waals surface area contributed by atoms with Crippen molar-refractivity contribution in [2.45, 2.75) is 0 Å². The lowest BCUT2D eigenvalue weighted by molar-refractivity contribution is 0.350. The third-order valence-corrected chi connectivity index (χ3v) is 3.43. The number of ether oxygens (including phenoxy) is 4. The molecular formula is C16H18ClNO4. The molecule has 0 radical (unpaired) electrons. The van der Waals surface area contributed by atoms with Crippen LogP contribution in [0.2, 0.25) is 5.02 Å². The van der Waals surface area contributed by atoms with Crippen molar-refractivity contribution in [3.05, 3.63) is 35.4 Å². The van der Waals surface area contributed by atoms with Crippen LogP contribution in [-0.2, 0) is 0 Å². The van der Waals surface area contributed by atoms with Gasteiger partial charge in [0.05, 0.1) is 44.8 Å². The summed E-state index contributed by atoms with van der Waals surface area (Å²) in [5.74, 6) is 2.31. The largest absolute Gasteiger partial charge is 0.497 e. The van der Waals surface area contributed by atoms with Crippen molar-refractivity contribution < 1.29 is 18.9 Å². The summed E-state index contributed by atoms with van der Waals surface area (Å²) in [5.41, 5.74) is 1.39. The number of rotatable bonds is 6. The fraction of sp³-hybridized carbons (Fsp3) is 0.250. The maximum atomic E-state index is 6.14. The summed E-state index contributed by atoms with van der Waals surface area (Å²) in [5, 5.41) is 3.75. The van der Waals surface area contributed by atoms with E-state index in [9.17, 15) is 0 Å². The van der Waals surface area contributed by atoms with E-state index in [0.29, 0.717) is 39.4 Å². The van der Waals surface area contributed by atoms with Gasteiger partial charge in [0, 0.05) is 12.1 Å². The molecule has 5 nitrogen and oxygen atoms in total. The molecule has 0 aliphatic rings. The van der Waals surface area contributed by atoms with Crippen LogP contribution in [0, 0.1) is 0 Å². The van der Waals surface area contributed by atoms with E-state index >= 15 is 0 Å². The Labute approximate surface area is 134 Å². The van der Waals surface area contributed by atoms with Crippen LogP contribution in [0.4, 0.5) is 11.4 Å². The molecule has 0 fully saturated rings. The van der Waals surface area contributed by atoms with Crippen LogP contribution in [0.1, 0.15) is 0 Å². The molecule has 0 spiro atoms. The zero-order chi connectivity index (χ0) is 16.1. The molecule has 0 bridgehead atoms. The van der Waals surface area contributed by atoms with Gasteiger partial charge >= 0.3 is 0 Å². The van der Waals surface area contributed by atoms with Gasteiger partial charge in [0.15, 0.2) is 17.2 Å². The first-order valence-electron chi connectivity index (χ1n) is 6.54. The fourth-order valence-corrected chi connectivity index (χ4v) is 2.36. The first-order chi connectivity index (χ1) is 10.6. The quantitative estimate of drug-likeness (QED) is 0.866. The highest BCUT2D eigenvalue weighted by atomic mass is 35.5. The summed E-state index contributed by atoms with van der Waals surface area (Å²) in [6.07, 6.45) is 0. The van der Waals surface area contributed by atoms with E-state index in [-0.39, 0.29) is 0 Å². The second kappa shape index (κ2) is 7.13. The zero-order valence-corrected chi connectivity index (χ0v) is 13.7. The Kier molecular flexibility index (Phi) is 5.22. The molecule has 0 heterocycles. The van der Waals surface area contributed by atoms with Gasteiger partial charge in [-0.1, -0.05) is 17.7 Å². The SMILES string of the molecule is COc1cc(Nc2cccc(Cl)c2OC)c(OC)c(OC)c1. The first-order valence-corrected chi connectivity index (χ1v) is 6.92. The summed E-state index contributed by atoms with van der Waals surface area (Å²) in [4.78, 5) is 0. The molecule has 0 amide bonds. The number of methoxy groups -OCH3 is 4. The van der Waals surface area contributed by atoms with Crippen LogP contribution in [0.3, 0.4) is 0 Å². The molecule has 6 heteroatoms. The monoisotopic (exact) mass is 323 g/mol. The lowest BCUT2D eigenvalue weighted by atomic mass is 10.2. The van der Waals surface area contributed by atoms with Crippen molar-refractivity contribution >= 4 is 23.0 Å². The molecular weight excluding hydrogens is 306 g/mol. The predicted molar refractivity (Wildman–Crippen MR) is 87.4 cm³/mol. The Morgan fingerprint density at radius 2 is 1.55 bits per heavy atom. The van der Waals surface area contributed by atoms with E-state index in [0.717, 1.165) is 0 Å². The zero-order valence-electron chi connectivity index (χ0n) is 12.9. The highest BCUT2D eigenvalue weighted by Crippen LogP contribution is 2.43. The Bertz CT molecular complexity index is 661.